The van der Waals surface area contributed by atoms with Crippen LogP contribution < -0.4 is 5.73 Å². The van der Waals surface area contributed by atoms with Gasteiger partial charge in [-0.25, -0.2) is 9.38 Å². The number of hydrogen-bond acceptors (Lipinski definition) is 3. The smallest absolute Gasteiger partial charge is 0.378 e. The maximum atomic E-state index is 13.6. The molecule has 1 heterocycles. The monoisotopic (exact) mass is 336 g/mol. The number of thioether (sulfide) groups is 1. The lowest BCUT2D eigenvalue weighted by Gasteiger charge is -2.25. The second-order valence-electron chi connectivity index (χ2n) is 3.37. The first kappa shape index (κ1) is 16.9. The zero-order chi connectivity index (χ0) is 16.1. The summed E-state index contributed by atoms with van der Waals surface area (Å²) in [6.07, 6.45) is -18.6. The highest BCUT2D eigenvalue weighted by Crippen LogP contribution is 2.55. The van der Waals surface area contributed by atoms with Crippen molar-refractivity contribution in [2.45, 2.75) is 24.3 Å². The Kier molecular flexibility index (Phi) is 3.74. The van der Waals surface area contributed by atoms with Gasteiger partial charge in [-0.2, -0.15) is 39.5 Å². The summed E-state index contributed by atoms with van der Waals surface area (Å²) in [4.78, 5) is -0.663. The Morgan fingerprint density at radius 2 is 1.35 bits per heavy atom. The molecule has 13 heteroatoms. The number of halogens is 10. The number of amidine groups is 1. The van der Waals surface area contributed by atoms with Gasteiger partial charge in [-0.05, 0) is 0 Å². The lowest BCUT2D eigenvalue weighted by atomic mass is 10.1. The van der Waals surface area contributed by atoms with Gasteiger partial charge in [0.15, 0.2) is 10.7 Å². The minimum Gasteiger partial charge on any atom is -0.378 e. The molecule has 1 aliphatic heterocycles. The van der Waals surface area contributed by atoms with Gasteiger partial charge in [-0.3, -0.25) is 0 Å². The standard InChI is InChI=1S/C7H2F10N2S/c8-4(7(15,16)17)2(20-3(18)19-4)1(5(9,10)11)6(12,13)14/h(H2,18,19). The van der Waals surface area contributed by atoms with E-state index in [-0.39, 0.29) is 0 Å². The van der Waals surface area contributed by atoms with E-state index in [0.29, 0.717) is 0 Å². The Hall–Kier alpha value is -1.14. The molecule has 20 heavy (non-hydrogen) atoms. The van der Waals surface area contributed by atoms with Crippen molar-refractivity contribution >= 4 is 16.9 Å². The van der Waals surface area contributed by atoms with Gasteiger partial charge >= 0.3 is 24.3 Å². The van der Waals surface area contributed by atoms with Gasteiger partial charge in [-0.15, -0.1) is 0 Å². The maximum absolute atomic E-state index is 13.6. The van der Waals surface area contributed by atoms with Crippen LogP contribution >= 0.6 is 11.8 Å². The van der Waals surface area contributed by atoms with Gasteiger partial charge in [0.25, 0.3) is 0 Å². The van der Waals surface area contributed by atoms with E-state index in [0.717, 1.165) is 0 Å². The van der Waals surface area contributed by atoms with Crippen LogP contribution in [0.2, 0.25) is 0 Å². The zero-order valence-corrected chi connectivity index (χ0v) is 9.53. The highest BCUT2D eigenvalue weighted by Gasteiger charge is 2.67. The SMILES string of the molecule is NC1=NC(F)(C(F)(F)F)C(=C(C(F)(F)F)C(F)(F)F)S1. The lowest BCUT2D eigenvalue weighted by Crippen LogP contribution is -2.42. The maximum Gasteiger partial charge on any atom is 0.449 e. The fraction of sp³-hybridized carbons (Fsp3) is 0.571. The summed E-state index contributed by atoms with van der Waals surface area (Å²) < 4.78 is 125. The van der Waals surface area contributed by atoms with Gasteiger partial charge in [0, 0.05) is 0 Å². The minimum atomic E-state index is -6.26. The molecule has 116 valence electrons. The number of nitrogens with two attached hydrogens (primary N) is 1. The summed E-state index contributed by atoms with van der Waals surface area (Å²) in [5.74, 6) is -5.18. The molecule has 0 aliphatic carbocycles. The molecule has 1 rings (SSSR count). The van der Waals surface area contributed by atoms with E-state index in [1.165, 1.54) is 0 Å². The number of allylic oxidation sites excluding steroid dienone is 1. The fourth-order valence-corrected chi connectivity index (χ4v) is 2.24. The first-order valence-electron chi connectivity index (χ1n) is 4.28. The summed E-state index contributed by atoms with van der Waals surface area (Å²) in [5, 5.41) is -1.40. The molecule has 1 aliphatic rings. The van der Waals surface area contributed by atoms with E-state index in [1.807, 2.05) is 4.99 Å². The molecule has 2 nitrogen and oxygen atoms in total. The van der Waals surface area contributed by atoms with E-state index in [1.54, 1.807) is 0 Å². The van der Waals surface area contributed by atoms with Crippen LogP contribution in [0.5, 0.6) is 0 Å². The van der Waals surface area contributed by atoms with Crippen molar-refractivity contribution in [3.8, 4) is 0 Å². The van der Waals surface area contributed by atoms with E-state index < -0.39 is 51.7 Å². The van der Waals surface area contributed by atoms with Crippen molar-refractivity contribution in [2.75, 3.05) is 0 Å². The second-order valence-corrected chi connectivity index (χ2v) is 4.40. The van der Waals surface area contributed by atoms with E-state index in [2.05, 4.69) is 5.73 Å². The van der Waals surface area contributed by atoms with Crippen LogP contribution in [0.1, 0.15) is 0 Å². The molecule has 0 amide bonds. The van der Waals surface area contributed by atoms with Crippen molar-refractivity contribution in [3.63, 3.8) is 0 Å². The molecular weight excluding hydrogens is 334 g/mol. The first-order valence-corrected chi connectivity index (χ1v) is 5.10. The Morgan fingerprint density at radius 1 is 0.950 bits per heavy atom. The molecule has 0 bridgehead atoms. The number of rotatable bonds is 0. The predicted octanol–water partition coefficient (Wildman–Crippen LogP) is 3.65. The lowest BCUT2D eigenvalue weighted by molar-refractivity contribution is -0.214. The average Bonchev–Trinajstić information content (AvgIpc) is 2.36. The Bertz CT molecular complexity index is 453. The minimum absolute atomic E-state index is 0.866. The summed E-state index contributed by atoms with van der Waals surface area (Å²) in [7, 11) is 0. The normalized spacial score (nSPS) is 24.9. The topological polar surface area (TPSA) is 38.4 Å². The molecule has 0 radical (unpaired) electrons. The van der Waals surface area contributed by atoms with Crippen molar-refractivity contribution in [3.05, 3.63) is 10.5 Å². The number of aliphatic imine (C=N–C) groups is 1. The third kappa shape index (κ3) is 2.81. The third-order valence-corrected chi connectivity index (χ3v) is 2.92. The van der Waals surface area contributed by atoms with Crippen molar-refractivity contribution < 1.29 is 43.9 Å². The highest BCUT2D eigenvalue weighted by atomic mass is 32.2. The quantitative estimate of drug-likeness (QED) is 0.542. The summed E-state index contributed by atoms with van der Waals surface area (Å²) in [5.41, 5.74) is 1.000. The number of alkyl halides is 10. The van der Waals surface area contributed by atoms with Crippen LogP contribution in [0.3, 0.4) is 0 Å². The van der Waals surface area contributed by atoms with Crippen molar-refractivity contribution in [1.82, 2.24) is 0 Å². The first-order chi connectivity index (χ1) is 8.61. The van der Waals surface area contributed by atoms with E-state index >= 15 is 0 Å². The molecule has 0 aromatic carbocycles. The van der Waals surface area contributed by atoms with Crippen LogP contribution in [0.25, 0.3) is 0 Å². The predicted molar refractivity (Wildman–Crippen MR) is 48.2 cm³/mol. The summed E-state index contributed by atoms with van der Waals surface area (Å²) in [6, 6.07) is 0. The van der Waals surface area contributed by atoms with Gasteiger partial charge in [0.2, 0.25) is 0 Å². The van der Waals surface area contributed by atoms with E-state index in [9.17, 15) is 43.9 Å². The average molecular weight is 336 g/mol. The molecule has 1 unspecified atom stereocenters. The van der Waals surface area contributed by atoms with Crippen LogP contribution in [0.15, 0.2) is 15.5 Å². The van der Waals surface area contributed by atoms with Crippen LogP contribution in [-0.4, -0.2) is 29.5 Å². The molecule has 0 aromatic heterocycles. The Morgan fingerprint density at radius 3 is 1.65 bits per heavy atom. The van der Waals surface area contributed by atoms with Crippen molar-refractivity contribution in [2.24, 2.45) is 10.7 Å². The Balaban J connectivity index is 3.67. The van der Waals surface area contributed by atoms with Gasteiger partial charge < -0.3 is 5.73 Å². The molecule has 0 fully saturated rings. The highest BCUT2D eigenvalue weighted by molar-refractivity contribution is 8.17. The van der Waals surface area contributed by atoms with Gasteiger partial charge in [0.1, 0.15) is 0 Å². The van der Waals surface area contributed by atoms with E-state index in [4.69, 9.17) is 0 Å². The molecule has 2 N–H and O–H groups in total. The zero-order valence-electron chi connectivity index (χ0n) is 8.71. The van der Waals surface area contributed by atoms with Crippen LogP contribution in [0.4, 0.5) is 43.9 Å². The largest absolute Gasteiger partial charge is 0.449 e. The molecule has 1 atom stereocenters. The molecule has 0 saturated carbocycles. The van der Waals surface area contributed by atoms with Gasteiger partial charge in [0.05, 0.1) is 4.91 Å². The molecular formula is C7H2F10N2S. The van der Waals surface area contributed by atoms with Crippen LogP contribution in [-0.2, 0) is 0 Å². The van der Waals surface area contributed by atoms with Gasteiger partial charge in [-0.1, -0.05) is 11.8 Å². The number of hydrogen-bond donors (Lipinski definition) is 1. The Labute approximate surface area is 107 Å². The summed E-state index contributed by atoms with van der Waals surface area (Å²) >= 11 is -0.866. The van der Waals surface area contributed by atoms with Crippen LogP contribution in [0, 0.1) is 0 Å². The second kappa shape index (κ2) is 4.43. The van der Waals surface area contributed by atoms with Crippen molar-refractivity contribution in [1.29, 1.82) is 0 Å². The molecule has 0 saturated heterocycles. The molecule has 0 aromatic rings. The fourth-order valence-electron chi connectivity index (χ4n) is 1.22. The third-order valence-electron chi connectivity index (χ3n) is 1.94. The summed E-state index contributed by atoms with van der Waals surface area (Å²) in [6.45, 7) is 0. The molecule has 0 spiro atoms. The number of nitrogens with zero attached hydrogens (tertiary/aromatic N) is 1.